The minimum atomic E-state index is -0.0788. The van der Waals surface area contributed by atoms with Crippen molar-refractivity contribution in [1.29, 1.82) is 0 Å². The number of benzene rings is 1. The number of aryl methyl sites for hydroxylation is 1. The Kier molecular flexibility index (Phi) is 4.20. The van der Waals surface area contributed by atoms with Crippen LogP contribution in [-0.2, 0) is 11.2 Å². The van der Waals surface area contributed by atoms with E-state index in [1.165, 1.54) is 22.6 Å². The second kappa shape index (κ2) is 6.32. The largest absolute Gasteiger partial charge is 0.396 e. The summed E-state index contributed by atoms with van der Waals surface area (Å²) in [5, 5.41) is 14.4. The first-order valence-electron chi connectivity index (χ1n) is 8.27. The van der Waals surface area contributed by atoms with Crippen molar-refractivity contribution in [3.05, 3.63) is 40.9 Å². The van der Waals surface area contributed by atoms with Gasteiger partial charge in [-0.3, -0.25) is 0 Å². The molecule has 0 spiro atoms. The number of aliphatic hydroxyl groups is 1. The summed E-state index contributed by atoms with van der Waals surface area (Å²) in [6.07, 6.45) is 3.39. The van der Waals surface area contributed by atoms with E-state index in [2.05, 4.69) is 29.6 Å². The van der Waals surface area contributed by atoms with E-state index >= 15 is 0 Å². The Hall–Kier alpha value is -1.27. The fourth-order valence-electron chi connectivity index (χ4n) is 3.30. The van der Waals surface area contributed by atoms with Gasteiger partial charge in [-0.15, -0.1) is 11.3 Å². The number of nitrogens with one attached hydrogen (secondary N) is 1. The molecule has 1 aromatic heterocycles. The number of ether oxygens (including phenoxy) is 1. The molecule has 23 heavy (non-hydrogen) atoms. The molecule has 1 fully saturated rings. The zero-order valence-electron chi connectivity index (χ0n) is 13.1. The average Bonchev–Trinajstić information content (AvgIpc) is 3.00. The lowest BCUT2D eigenvalue weighted by Gasteiger charge is -2.41. The van der Waals surface area contributed by atoms with Gasteiger partial charge in [0.2, 0.25) is 0 Å². The van der Waals surface area contributed by atoms with Gasteiger partial charge in [-0.2, -0.15) is 0 Å². The molecule has 0 bridgehead atoms. The summed E-state index contributed by atoms with van der Waals surface area (Å²) in [5.41, 5.74) is 2.37. The Morgan fingerprint density at radius 1 is 1.30 bits per heavy atom. The van der Waals surface area contributed by atoms with Crippen molar-refractivity contribution in [3.8, 4) is 10.6 Å². The minimum Gasteiger partial charge on any atom is -0.396 e. The summed E-state index contributed by atoms with van der Waals surface area (Å²) in [4.78, 5) is 6.25. The molecular formula is C18H22N2O2S. The number of hydrogen-bond donors (Lipinski definition) is 2. The molecule has 0 saturated carbocycles. The molecule has 2 heterocycles. The SMILES string of the molecule is OCC1(CNC2CCCc3nc(-c4ccccc4)sc32)COC1. The summed E-state index contributed by atoms with van der Waals surface area (Å²) in [7, 11) is 0. The van der Waals surface area contributed by atoms with Gasteiger partial charge in [0.05, 0.1) is 30.9 Å². The first kappa shape index (κ1) is 15.3. The molecule has 1 saturated heterocycles. The third kappa shape index (κ3) is 2.94. The Balaban J connectivity index is 1.53. The summed E-state index contributed by atoms with van der Waals surface area (Å²) in [5.74, 6) is 0. The number of hydrogen-bond acceptors (Lipinski definition) is 5. The molecular weight excluding hydrogens is 308 g/mol. The Labute approximate surface area is 140 Å². The van der Waals surface area contributed by atoms with Gasteiger partial charge < -0.3 is 15.2 Å². The van der Waals surface area contributed by atoms with Crippen LogP contribution in [0.1, 0.15) is 29.5 Å². The molecule has 0 amide bonds. The summed E-state index contributed by atoms with van der Waals surface area (Å²) in [6.45, 7) is 2.33. The highest BCUT2D eigenvalue weighted by molar-refractivity contribution is 7.15. The van der Waals surface area contributed by atoms with Crippen LogP contribution in [0.3, 0.4) is 0 Å². The number of nitrogens with zero attached hydrogens (tertiary/aromatic N) is 1. The van der Waals surface area contributed by atoms with Crippen LogP contribution in [0.15, 0.2) is 30.3 Å². The molecule has 4 rings (SSSR count). The number of aliphatic hydroxyl groups excluding tert-OH is 1. The third-order valence-electron chi connectivity index (χ3n) is 4.85. The van der Waals surface area contributed by atoms with Crippen LogP contribution in [0.25, 0.3) is 10.6 Å². The molecule has 2 N–H and O–H groups in total. The van der Waals surface area contributed by atoms with Crippen LogP contribution in [-0.4, -0.2) is 36.5 Å². The molecule has 2 aromatic rings. The quantitative estimate of drug-likeness (QED) is 0.885. The number of fused-ring (bicyclic) bond motifs is 1. The standard InChI is InChI=1S/C18H22N2O2S/c21-10-18(11-22-12-18)9-19-14-7-4-8-15-16(14)23-17(20-15)13-5-2-1-3-6-13/h1-3,5-6,14,19,21H,4,7-12H2. The second-order valence-electron chi connectivity index (χ2n) is 6.67. The molecule has 1 aliphatic carbocycles. The summed E-state index contributed by atoms with van der Waals surface area (Å²) >= 11 is 1.81. The Morgan fingerprint density at radius 3 is 2.83 bits per heavy atom. The maximum absolute atomic E-state index is 9.58. The van der Waals surface area contributed by atoms with Crippen molar-refractivity contribution in [2.75, 3.05) is 26.4 Å². The van der Waals surface area contributed by atoms with Crippen molar-refractivity contribution in [1.82, 2.24) is 10.3 Å². The number of rotatable bonds is 5. The van der Waals surface area contributed by atoms with Gasteiger partial charge in [-0.25, -0.2) is 4.98 Å². The van der Waals surface area contributed by atoms with E-state index in [-0.39, 0.29) is 12.0 Å². The molecule has 122 valence electrons. The first-order valence-corrected chi connectivity index (χ1v) is 9.08. The maximum atomic E-state index is 9.58. The molecule has 1 aromatic carbocycles. The maximum Gasteiger partial charge on any atom is 0.123 e. The molecule has 0 radical (unpaired) electrons. The van der Waals surface area contributed by atoms with Crippen LogP contribution in [0.4, 0.5) is 0 Å². The normalized spacial score (nSPS) is 22.4. The van der Waals surface area contributed by atoms with E-state index in [0.717, 1.165) is 24.4 Å². The predicted octanol–water partition coefficient (Wildman–Crippen LogP) is 2.79. The van der Waals surface area contributed by atoms with Gasteiger partial charge in [0, 0.05) is 23.0 Å². The van der Waals surface area contributed by atoms with Gasteiger partial charge >= 0.3 is 0 Å². The highest BCUT2D eigenvalue weighted by Crippen LogP contribution is 2.38. The van der Waals surface area contributed by atoms with Crippen molar-refractivity contribution in [3.63, 3.8) is 0 Å². The van der Waals surface area contributed by atoms with Gasteiger partial charge in [0.25, 0.3) is 0 Å². The molecule has 1 aliphatic heterocycles. The van der Waals surface area contributed by atoms with Crippen molar-refractivity contribution in [2.45, 2.75) is 25.3 Å². The average molecular weight is 330 g/mol. The van der Waals surface area contributed by atoms with Crippen LogP contribution in [0.5, 0.6) is 0 Å². The molecule has 1 unspecified atom stereocenters. The zero-order valence-corrected chi connectivity index (χ0v) is 13.9. The fraction of sp³-hybridized carbons (Fsp3) is 0.500. The smallest absolute Gasteiger partial charge is 0.123 e. The van der Waals surface area contributed by atoms with Crippen LogP contribution >= 0.6 is 11.3 Å². The van der Waals surface area contributed by atoms with E-state index in [9.17, 15) is 5.11 Å². The van der Waals surface area contributed by atoms with Crippen molar-refractivity contribution in [2.24, 2.45) is 5.41 Å². The van der Waals surface area contributed by atoms with Gasteiger partial charge in [-0.05, 0) is 19.3 Å². The molecule has 4 nitrogen and oxygen atoms in total. The van der Waals surface area contributed by atoms with Crippen molar-refractivity contribution >= 4 is 11.3 Å². The Morgan fingerprint density at radius 2 is 2.13 bits per heavy atom. The monoisotopic (exact) mass is 330 g/mol. The summed E-state index contributed by atoms with van der Waals surface area (Å²) in [6, 6.07) is 10.8. The van der Waals surface area contributed by atoms with Crippen LogP contribution < -0.4 is 5.32 Å². The summed E-state index contributed by atoms with van der Waals surface area (Å²) < 4.78 is 5.29. The third-order valence-corrected chi connectivity index (χ3v) is 6.11. The topological polar surface area (TPSA) is 54.4 Å². The molecule has 5 heteroatoms. The molecule has 2 aliphatic rings. The van der Waals surface area contributed by atoms with Crippen molar-refractivity contribution < 1.29 is 9.84 Å². The van der Waals surface area contributed by atoms with Gasteiger partial charge in [0.1, 0.15) is 5.01 Å². The molecule has 1 atom stereocenters. The number of aromatic nitrogens is 1. The zero-order chi connectivity index (χ0) is 15.7. The van der Waals surface area contributed by atoms with E-state index in [0.29, 0.717) is 19.3 Å². The van der Waals surface area contributed by atoms with Gasteiger partial charge in [0.15, 0.2) is 0 Å². The van der Waals surface area contributed by atoms with Crippen LogP contribution in [0, 0.1) is 5.41 Å². The lowest BCUT2D eigenvalue weighted by Crippen LogP contribution is -2.52. The Bertz CT molecular complexity index is 661. The van der Waals surface area contributed by atoms with E-state index in [1.54, 1.807) is 0 Å². The lowest BCUT2D eigenvalue weighted by molar-refractivity contribution is -0.135. The van der Waals surface area contributed by atoms with Crippen LogP contribution in [0.2, 0.25) is 0 Å². The second-order valence-corrected chi connectivity index (χ2v) is 7.70. The van der Waals surface area contributed by atoms with E-state index in [1.807, 2.05) is 17.4 Å². The van der Waals surface area contributed by atoms with E-state index in [4.69, 9.17) is 9.72 Å². The fourth-order valence-corrected chi connectivity index (χ4v) is 4.53. The predicted molar refractivity (Wildman–Crippen MR) is 91.6 cm³/mol. The highest BCUT2D eigenvalue weighted by Gasteiger charge is 2.39. The van der Waals surface area contributed by atoms with E-state index < -0.39 is 0 Å². The minimum absolute atomic E-state index is 0.0788. The first-order chi connectivity index (χ1) is 11.3. The van der Waals surface area contributed by atoms with Gasteiger partial charge in [-0.1, -0.05) is 30.3 Å². The lowest BCUT2D eigenvalue weighted by atomic mass is 9.86. The number of thiazole rings is 1. The highest BCUT2D eigenvalue weighted by atomic mass is 32.1.